The van der Waals surface area contributed by atoms with E-state index in [0.717, 1.165) is 18.7 Å². The lowest BCUT2D eigenvalue weighted by Crippen LogP contribution is -2.30. The summed E-state index contributed by atoms with van der Waals surface area (Å²) in [7, 11) is 7.87. The molecule has 6 nitrogen and oxygen atoms in total. The zero-order chi connectivity index (χ0) is 16.5. The first-order valence-electron chi connectivity index (χ1n) is 7.37. The van der Waals surface area contributed by atoms with Gasteiger partial charge >= 0.3 is 0 Å². The van der Waals surface area contributed by atoms with Crippen molar-refractivity contribution in [1.82, 2.24) is 10.2 Å². The Labute approximate surface area is 132 Å². The maximum absolute atomic E-state index is 11.8. The Balaban J connectivity index is 2.31. The van der Waals surface area contributed by atoms with Crippen LogP contribution in [0.5, 0.6) is 0 Å². The van der Waals surface area contributed by atoms with Crippen LogP contribution in [0.3, 0.4) is 0 Å². The number of benzene rings is 1. The molecular formula is C16H26N4O2. The second-order valence-electron chi connectivity index (χ2n) is 5.67. The van der Waals surface area contributed by atoms with Gasteiger partial charge in [-0.05, 0) is 51.3 Å². The molecule has 0 spiro atoms. The summed E-state index contributed by atoms with van der Waals surface area (Å²) in [6.45, 7) is 1.49. The SMILES string of the molecule is CN(C)CCCNC(=O)CC(=O)Nc1ccc(N(C)C)cc1. The highest BCUT2D eigenvalue weighted by atomic mass is 16.2. The highest BCUT2D eigenvalue weighted by Gasteiger charge is 2.09. The molecule has 22 heavy (non-hydrogen) atoms. The Hall–Kier alpha value is -2.08. The van der Waals surface area contributed by atoms with E-state index in [2.05, 4.69) is 15.5 Å². The highest BCUT2D eigenvalue weighted by molar-refractivity contribution is 6.03. The molecule has 6 heteroatoms. The predicted octanol–water partition coefficient (Wildman–Crippen LogP) is 1.15. The molecule has 0 saturated heterocycles. The molecule has 1 aromatic rings. The fourth-order valence-corrected chi connectivity index (χ4v) is 1.88. The number of nitrogens with zero attached hydrogens (tertiary/aromatic N) is 2. The van der Waals surface area contributed by atoms with Gasteiger partial charge in [0.15, 0.2) is 0 Å². The first-order chi connectivity index (χ1) is 10.4. The van der Waals surface area contributed by atoms with Crippen LogP contribution in [0.4, 0.5) is 11.4 Å². The third-order valence-electron chi connectivity index (χ3n) is 3.09. The van der Waals surface area contributed by atoms with Crippen molar-refractivity contribution in [2.45, 2.75) is 12.8 Å². The van der Waals surface area contributed by atoms with E-state index in [0.29, 0.717) is 12.2 Å². The van der Waals surface area contributed by atoms with Crippen LogP contribution in [-0.2, 0) is 9.59 Å². The minimum atomic E-state index is -0.303. The van der Waals surface area contributed by atoms with E-state index in [1.165, 1.54) is 0 Å². The number of hydrogen-bond donors (Lipinski definition) is 2. The minimum Gasteiger partial charge on any atom is -0.378 e. The van der Waals surface area contributed by atoms with Crippen molar-refractivity contribution in [3.05, 3.63) is 24.3 Å². The minimum absolute atomic E-state index is 0.155. The van der Waals surface area contributed by atoms with Crippen molar-refractivity contribution in [2.75, 3.05) is 51.5 Å². The Morgan fingerprint density at radius 1 is 1.00 bits per heavy atom. The average molecular weight is 306 g/mol. The van der Waals surface area contributed by atoms with Gasteiger partial charge in [-0.3, -0.25) is 9.59 Å². The number of hydrogen-bond acceptors (Lipinski definition) is 4. The van der Waals surface area contributed by atoms with Crippen molar-refractivity contribution in [3.63, 3.8) is 0 Å². The molecule has 1 rings (SSSR count). The van der Waals surface area contributed by atoms with Gasteiger partial charge in [0.25, 0.3) is 0 Å². The second kappa shape index (κ2) is 9.04. The van der Waals surface area contributed by atoms with Gasteiger partial charge in [-0.25, -0.2) is 0 Å². The summed E-state index contributed by atoms with van der Waals surface area (Å²) in [5.74, 6) is -0.552. The highest BCUT2D eigenvalue weighted by Crippen LogP contribution is 2.15. The number of nitrogens with one attached hydrogen (secondary N) is 2. The third-order valence-corrected chi connectivity index (χ3v) is 3.09. The molecule has 0 atom stereocenters. The lowest BCUT2D eigenvalue weighted by Gasteiger charge is -2.13. The predicted molar refractivity (Wildman–Crippen MR) is 90.2 cm³/mol. The molecule has 0 bridgehead atoms. The number of rotatable bonds is 8. The van der Waals surface area contributed by atoms with E-state index < -0.39 is 0 Å². The summed E-state index contributed by atoms with van der Waals surface area (Å²) in [4.78, 5) is 27.5. The van der Waals surface area contributed by atoms with Crippen molar-refractivity contribution >= 4 is 23.2 Å². The Bertz CT molecular complexity index is 483. The smallest absolute Gasteiger partial charge is 0.233 e. The molecule has 0 aromatic heterocycles. The monoisotopic (exact) mass is 306 g/mol. The molecule has 0 aliphatic carbocycles. The molecule has 0 unspecified atom stereocenters. The maximum atomic E-state index is 11.8. The molecular weight excluding hydrogens is 280 g/mol. The van der Waals surface area contributed by atoms with Gasteiger partial charge in [-0.2, -0.15) is 0 Å². The second-order valence-corrected chi connectivity index (χ2v) is 5.67. The van der Waals surface area contributed by atoms with Gasteiger partial charge in [0.1, 0.15) is 6.42 Å². The normalized spacial score (nSPS) is 10.4. The van der Waals surface area contributed by atoms with Crippen molar-refractivity contribution in [2.24, 2.45) is 0 Å². The van der Waals surface area contributed by atoms with Crippen LogP contribution in [0.1, 0.15) is 12.8 Å². The average Bonchev–Trinajstić information content (AvgIpc) is 2.43. The molecule has 2 N–H and O–H groups in total. The van der Waals surface area contributed by atoms with E-state index in [1.807, 2.05) is 57.4 Å². The van der Waals surface area contributed by atoms with Crippen LogP contribution in [-0.4, -0.2) is 58.0 Å². The van der Waals surface area contributed by atoms with Crippen LogP contribution in [0.25, 0.3) is 0 Å². The van der Waals surface area contributed by atoms with Crippen LogP contribution in [0.2, 0.25) is 0 Å². The summed E-state index contributed by atoms with van der Waals surface area (Å²) in [6.07, 6.45) is 0.712. The third kappa shape index (κ3) is 7.08. The fraction of sp³-hybridized carbons (Fsp3) is 0.500. The number of amides is 2. The number of carbonyl (C=O) groups excluding carboxylic acids is 2. The zero-order valence-electron chi connectivity index (χ0n) is 13.8. The quantitative estimate of drug-likeness (QED) is 0.558. The molecule has 1 aromatic carbocycles. The summed E-state index contributed by atoms with van der Waals surface area (Å²) in [5, 5.41) is 5.47. The van der Waals surface area contributed by atoms with Gasteiger partial charge in [0.05, 0.1) is 0 Å². The molecule has 0 aliphatic heterocycles. The summed E-state index contributed by atoms with van der Waals surface area (Å²) >= 11 is 0. The molecule has 122 valence electrons. The number of anilines is 2. The first-order valence-corrected chi connectivity index (χ1v) is 7.37. The molecule has 0 aliphatic rings. The van der Waals surface area contributed by atoms with E-state index >= 15 is 0 Å². The van der Waals surface area contributed by atoms with Crippen molar-refractivity contribution in [3.8, 4) is 0 Å². The van der Waals surface area contributed by atoms with Crippen molar-refractivity contribution < 1.29 is 9.59 Å². The van der Waals surface area contributed by atoms with Gasteiger partial charge in [-0.1, -0.05) is 0 Å². The molecule has 2 amide bonds. The molecule has 0 saturated carbocycles. The van der Waals surface area contributed by atoms with Crippen molar-refractivity contribution in [1.29, 1.82) is 0 Å². The van der Waals surface area contributed by atoms with E-state index in [9.17, 15) is 9.59 Å². The van der Waals surface area contributed by atoms with Gasteiger partial charge in [-0.15, -0.1) is 0 Å². The Morgan fingerprint density at radius 2 is 1.64 bits per heavy atom. The number of carbonyl (C=O) groups is 2. The van der Waals surface area contributed by atoms with Crippen LogP contribution in [0.15, 0.2) is 24.3 Å². The van der Waals surface area contributed by atoms with Crippen LogP contribution in [0, 0.1) is 0 Å². The Kier molecular flexibility index (Phi) is 7.39. The maximum Gasteiger partial charge on any atom is 0.233 e. The fourth-order valence-electron chi connectivity index (χ4n) is 1.88. The summed E-state index contributed by atoms with van der Waals surface area (Å²) in [5.41, 5.74) is 1.74. The lowest BCUT2D eigenvalue weighted by molar-refractivity contribution is -0.126. The lowest BCUT2D eigenvalue weighted by atomic mass is 10.2. The van der Waals surface area contributed by atoms with E-state index in [1.54, 1.807) is 0 Å². The largest absolute Gasteiger partial charge is 0.378 e. The molecule has 0 fully saturated rings. The molecule has 0 heterocycles. The molecule has 0 radical (unpaired) electrons. The first kappa shape index (κ1) is 18.0. The topological polar surface area (TPSA) is 64.7 Å². The standard InChI is InChI=1S/C16H26N4O2/c1-19(2)11-5-10-17-15(21)12-16(22)18-13-6-8-14(9-7-13)20(3)4/h6-9H,5,10-12H2,1-4H3,(H,17,21)(H,18,22). The summed E-state index contributed by atoms with van der Waals surface area (Å²) < 4.78 is 0. The summed E-state index contributed by atoms with van der Waals surface area (Å²) in [6, 6.07) is 7.47. The van der Waals surface area contributed by atoms with Crippen LogP contribution < -0.4 is 15.5 Å². The zero-order valence-corrected chi connectivity index (χ0v) is 13.8. The van der Waals surface area contributed by atoms with Gasteiger partial charge in [0.2, 0.25) is 11.8 Å². The van der Waals surface area contributed by atoms with Gasteiger partial charge < -0.3 is 20.4 Å². The van der Waals surface area contributed by atoms with E-state index in [-0.39, 0.29) is 18.2 Å². The van der Waals surface area contributed by atoms with Gasteiger partial charge in [0, 0.05) is 32.0 Å². The van der Waals surface area contributed by atoms with E-state index in [4.69, 9.17) is 0 Å². The Morgan fingerprint density at radius 3 is 2.18 bits per heavy atom. The van der Waals surface area contributed by atoms with Crippen LogP contribution >= 0.6 is 0 Å².